The van der Waals surface area contributed by atoms with E-state index < -0.39 is 0 Å². The molecule has 2 heterocycles. The maximum absolute atomic E-state index is 13.7. The van der Waals surface area contributed by atoms with E-state index in [9.17, 15) is 14.7 Å². The largest absolute Gasteiger partial charge is 0.392 e. The highest BCUT2D eigenvalue weighted by Gasteiger charge is 2.33. The number of carbonyl (C=O) groups is 1. The molecule has 2 aromatic carbocycles. The normalized spacial score (nSPS) is 22.2. The molecule has 1 aromatic heterocycles. The molecule has 0 unspecified atom stereocenters. The van der Waals surface area contributed by atoms with E-state index in [0.29, 0.717) is 39.1 Å². The summed E-state index contributed by atoms with van der Waals surface area (Å²) in [5.41, 5.74) is 2.23. The molecule has 1 atom stereocenters. The van der Waals surface area contributed by atoms with Gasteiger partial charge in [-0.05, 0) is 87.7 Å². The van der Waals surface area contributed by atoms with E-state index in [4.69, 9.17) is 16.6 Å². The van der Waals surface area contributed by atoms with Crippen molar-refractivity contribution in [2.45, 2.75) is 64.1 Å². The van der Waals surface area contributed by atoms with Gasteiger partial charge in [-0.25, -0.2) is 4.98 Å². The lowest BCUT2D eigenvalue weighted by atomic mass is 9.71. The Morgan fingerprint density at radius 3 is 2.76 bits per heavy atom. The minimum absolute atomic E-state index is 0.0300. The average molecular weight is 523 g/mol. The van der Waals surface area contributed by atoms with Gasteiger partial charge >= 0.3 is 0 Å². The van der Waals surface area contributed by atoms with Gasteiger partial charge in [0.1, 0.15) is 12.4 Å². The molecule has 0 bridgehead atoms. The number of amides is 1. The molecule has 1 saturated carbocycles. The van der Waals surface area contributed by atoms with Crippen molar-refractivity contribution in [3.63, 3.8) is 0 Å². The number of benzene rings is 2. The van der Waals surface area contributed by atoms with Gasteiger partial charge < -0.3 is 15.3 Å². The number of piperidine rings is 1. The highest BCUT2D eigenvalue weighted by atomic mass is 35.5. The smallest absolute Gasteiger partial charge is 0.262 e. The van der Waals surface area contributed by atoms with E-state index in [1.165, 1.54) is 4.57 Å². The fourth-order valence-corrected chi connectivity index (χ4v) is 5.91. The summed E-state index contributed by atoms with van der Waals surface area (Å²) in [6, 6.07) is 13.1. The van der Waals surface area contributed by atoms with Crippen LogP contribution in [0.1, 0.15) is 51.0 Å². The van der Waals surface area contributed by atoms with Gasteiger partial charge in [0.2, 0.25) is 5.91 Å². The van der Waals surface area contributed by atoms with Crippen LogP contribution >= 0.6 is 11.6 Å². The van der Waals surface area contributed by atoms with Gasteiger partial charge in [-0.2, -0.15) is 0 Å². The molecule has 8 heteroatoms. The Morgan fingerprint density at radius 2 is 2.03 bits per heavy atom. The number of aromatic nitrogens is 2. The number of nitrogens with one attached hydrogen (secondary N) is 1. The fourth-order valence-electron chi connectivity index (χ4n) is 5.72. The van der Waals surface area contributed by atoms with Crippen LogP contribution in [0.2, 0.25) is 5.02 Å². The summed E-state index contributed by atoms with van der Waals surface area (Å²) in [6.07, 6.45) is 3.94. The van der Waals surface area contributed by atoms with Crippen molar-refractivity contribution in [2.24, 2.45) is 5.92 Å². The second-order valence-electron chi connectivity index (χ2n) is 10.9. The molecule has 7 nitrogen and oxygen atoms in total. The zero-order valence-electron chi connectivity index (χ0n) is 21.5. The Morgan fingerprint density at radius 1 is 1.22 bits per heavy atom. The molecule has 1 amide bonds. The van der Waals surface area contributed by atoms with Crippen molar-refractivity contribution in [1.29, 1.82) is 0 Å². The minimum atomic E-state index is -0.234. The third-order valence-corrected chi connectivity index (χ3v) is 7.75. The number of halogens is 1. The number of aliphatic hydroxyl groups excluding tert-OH is 1. The van der Waals surface area contributed by atoms with E-state index in [1.54, 1.807) is 12.1 Å². The quantitative estimate of drug-likeness (QED) is 0.486. The van der Waals surface area contributed by atoms with Gasteiger partial charge in [0.25, 0.3) is 5.56 Å². The van der Waals surface area contributed by atoms with Crippen LogP contribution < -0.4 is 10.9 Å². The Hall–Kier alpha value is -2.74. The number of likely N-dealkylation sites (tertiary alicyclic amines) is 1. The maximum atomic E-state index is 13.7. The van der Waals surface area contributed by atoms with Crippen molar-refractivity contribution in [3.05, 3.63) is 63.4 Å². The average Bonchev–Trinajstić information content (AvgIpc) is 2.82. The first-order valence-corrected chi connectivity index (χ1v) is 13.6. The van der Waals surface area contributed by atoms with Crippen LogP contribution in [0, 0.1) is 5.92 Å². The number of hydrogen-bond acceptors (Lipinski definition) is 5. The van der Waals surface area contributed by atoms with Gasteiger partial charge in [0, 0.05) is 29.7 Å². The summed E-state index contributed by atoms with van der Waals surface area (Å²) in [6.45, 7) is 6.55. The van der Waals surface area contributed by atoms with Crippen LogP contribution in [0.3, 0.4) is 0 Å². The molecule has 5 rings (SSSR count). The third kappa shape index (κ3) is 5.89. The van der Waals surface area contributed by atoms with Gasteiger partial charge in [0.15, 0.2) is 0 Å². The van der Waals surface area contributed by atoms with Crippen LogP contribution in [0.15, 0.2) is 47.3 Å². The number of β-amino-alcohol motifs (C(OH)–C–C–N with tert-alkyl or cyclic N) is 1. The van der Waals surface area contributed by atoms with E-state index in [2.05, 4.69) is 16.3 Å². The van der Waals surface area contributed by atoms with E-state index >= 15 is 0 Å². The molecule has 0 spiro atoms. The van der Waals surface area contributed by atoms with Crippen molar-refractivity contribution in [3.8, 4) is 11.4 Å². The van der Waals surface area contributed by atoms with Gasteiger partial charge in [-0.1, -0.05) is 29.8 Å². The zero-order valence-corrected chi connectivity index (χ0v) is 22.2. The Bertz CT molecular complexity index is 1350. The second-order valence-corrected chi connectivity index (χ2v) is 11.4. The molecular weight excluding hydrogens is 488 g/mol. The minimum Gasteiger partial charge on any atom is -0.392 e. The van der Waals surface area contributed by atoms with E-state index in [-0.39, 0.29) is 30.2 Å². The number of hydrogen-bond donors (Lipinski definition) is 2. The molecule has 1 aliphatic carbocycles. The molecular formula is C29H35ClN4O3. The molecule has 3 aromatic rings. The lowest BCUT2D eigenvalue weighted by Crippen LogP contribution is -2.43. The van der Waals surface area contributed by atoms with Gasteiger partial charge in [-0.3, -0.25) is 14.2 Å². The summed E-state index contributed by atoms with van der Waals surface area (Å²) >= 11 is 6.23. The first kappa shape index (κ1) is 25.9. The van der Waals surface area contributed by atoms with Crippen LogP contribution in [-0.2, 0) is 11.3 Å². The highest BCUT2D eigenvalue weighted by Crippen LogP contribution is 2.42. The van der Waals surface area contributed by atoms with Crippen LogP contribution in [0.25, 0.3) is 22.3 Å². The van der Waals surface area contributed by atoms with Crippen LogP contribution in [0.5, 0.6) is 0 Å². The zero-order chi connectivity index (χ0) is 26.1. The summed E-state index contributed by atoms with van der Waals surface area (Å²) in [4.78, 5) is 33.6. The number of rotatable bonds is 7. The molecule has 0 radical (unpaired) electrons. The molecule has 1 saturated heterocycles. The predicted octanol–water partition coefficient (Wildman–Crippen LogP) is 4.19. The highest BCUT2D eigenvalue weighted by molar-refractivity contribution is 6.30. The lowest BCUT2D eigenvalue weighted by molar-refractivity contribution is -0.122. The second kappa shape index (κ2) is 10.9. The van der Waals surface area contributed by atoms with E-state index in [1.807, 2.05) is 38.1 Å². The Labute approximate surface area is 222 Å². The lowest BCUT2D eigenvalue weighted by Gasteiger charge is -2.40. The van der Waals surface area contributed by atoms with Crippen LogP contribution in [-0.4, -0.2) is 57.2 Å². The summed E-state index contributed by atoms with van der Waals surface area (Å²) < 4.78 is 1.46. The molecule has 2 aliphatic rings. The molecule has 196 valence electrons. The number of fused-ring (bicyclic) bond motifs is 1. The number of nitrogens with zero attached hydrogens (tertiary/aromatic N) is 3. The molecule has 2 N–H and O–H groups in total. The van der Waals surface area contributed by atoms with Crippen molar-refractivity contribution >= 4 is 28.4 Å². The molecule has 2 fully saturated rings. The van der Waals surface area contributed by atoms with Crippen LogP contribution in [0.4, 0.5) is 0 Å². The number of aliphatic hydroxyl groups is 1. The summed E-state index contributed by atoms with van der Waals surface area (Å²) in [5, 5.41) is 13.9. The third-order valence-electron chi connectivity index (χ3n) is 7.52. The summed E-state index contributed by atoms with van der Waals surface area (Å²) in [5.74, 6) is 1.22. The fraction of sp³-hybridized carbons (Fsp3) is 0.483. The topological polar surface area (TPSA) is 87.5 Å². The maximum Gasteiger partial charge on any atom is 0.262 e. The van der Waals surface area contributed by atoms with Crippen molar-refractivity contribution in [1.82, 2.24) is 19.8 Å². The van der Waals surface area contributed by atoms with E-state index in [0.717, 1.165) is 50.9 Å². The Kier molecular flexibility index (Phi) is 7.65. The first-order chi connectivity index (χ1) is 17.8. The molecule has 37 heavy (non-hydrogen) atoms. The number of carbonyl (C=O) groups excluding carboxylic acids is 1. The van der Waals surface area contributed by atoms with Crippen molar-refractivity contribution < 1.29 is 9.90 Å². The predicted molar refractivity (Wildman–Crippen MR) is 147 cm³/mol. The SMILES string of the molecule is CC(C)NC(=O)Cn1c(-c2cccc(Cl)c2)nc2ccc([C@H]3C[C@H](CN4CCC[C@@H](O)C4)C3)cc2c1=O. The van der Waals surface area contributed by atoms with Gasteiger partial charge in [-0.15, -0.1) is 0 Å². The summed E-state index contributed by atoms with van der Waals surface area (Å²) in [7, 11) is 0. The first-order valence-electron chi connectivity index (χ1n) is 13.3. The monoisotopic (exact) mass is 522 g/mol. The van der Waals surface area contributed by atoms with Crippen molar-refractivity contribution in [2.75, 3.05) is 19.6 Å². The Balaban J connectivity index is 1.42. The standard InChI is InChI=1S/C29H35ClN4O3/c1-18(2)31-27(36)17-34-28(21-5-3-6-23(30)13-21)32-26-9-8-20(14-25(26)29(34)37)22-11-19(12-22)15-33-10-4-7-24(35)16-33/h3,5-6,8-9,13-14,18-19,22,24,35H,4,7,10-12,15-17H2,1-2H3,(H,31,36)/t19-,22-,24-/m1/s1. The molecule has 1 aliphatic heterocycles. The van der Waals surface area contributed by atoms with Gasteiger partial charge in [0.05, 0.1) is 17.0 Å².